The van der Waals surface area contributed by atoms with Crippen LogP contribution in [-0.2, 0) is 29.8 Å². The van der Waals surface area contributed by atoms with Crippen LogP contribution in [0.1, 0.15) is 0 Å². The van der Waals surface area contributed by atoms with Crippen LogP contribution >= 0.6 is 0 Å². The van der Waals surface area contributed by atoms with Gasteiger partial charge in [0.2, 0.25) is 0 Å². The van der Waals surface area contributed by atoms with E-state index < -0.39 is 61.8 Å². The molecule has 0 atom stereocenters. The minimum atomic E-state index is -7.24. The normalized spacial score (nSPS) is 15.0. The van der Waals surface area contributed by atoms with E-state index in [1.807, 2.05) is 0 Å². The molecule has 0 saturated heterocycles. The zero-order valence-corrected chi connectivity index (χ0v) is 14.9. The Kier molecular flexibility index (Phi) is 5.48. The Morgan fingerprint density at radius 2 is 1.30 bits per heavy atom. The van der Waals surface area contributed by atoms with Crippen molar-refractivity contribution in [2.24, 2.45) is 0 Å². The lowest BCUT2D eigenvalue weighted by molar-refractivity contribution is -0.245. The summed E-state index contributed by atoms with van der Waals surface area (Å²) in [6.45, 7) is 0. The molecular formula is C10H7F7O7S3. The van der Waals surface area contributed by atoms with Crippen molar-refractivity contribution in [1.29, 1.82) is 0 Å². The zero-order chi connectivity index (χ0) is 21.9. The monoisotopic (exact) mass is 468 g/mol. The van der Waals surface area contributed by atoms with Crippen LogP contribution in [0.25, 0.3) is 0 Å². The van der Waals surface area contributed by atoms with Crippen LogP contribution in [-0.4, -0.2) is 52.5 Å². The molecule has 0 unspecified atom stereocenters. The summed E-state index contributed by atoms with van der Waals surface area (Å²) in [7, 11) is -18.5. The fourth-order valence-corrected chi connectivity index (χ4v) is 4.02. The van der Waals surface area contributed by atoms with Gasteiger partial charge in [0, 0.05) is 6.26 Å². The van der Waals surface area contributed by atoms with Gasteiger partial charge < -0.3 is 0 Å². The van der Waals surface area contributed by atoms with Crippen molar-refractivity contribution in [3.8, 4) is 0 Å². The van der Waals surface area contributed by atoms with Gasteiger partial charge in [-0.05, 0) is 18.2 Å². The molecular weight excluding hydrogens is 461 g/mol. The molecule has 1 aromatic carbocycles. The van der Waals surface area contributed by atoms with E-state index in [9.17, 15) is 56.0 Å². The summed E-state index contributed by atoms with van der Waals surface area (Å²) in [6.07, 6.45) is 0.491. The van der Waals surface area contributed by atoms with Gasteiger partial charge in [-0.1, -0.05) is 0 Å². The third kappa shape index (κ3) is 3.52. The SMILES string of the molecule is CS(=O)(=O)c1ccc(S(=O)(=O)C(F)(F)C(F)(F)C(F)(F)S(=O)(=O)O)c(F)c1. The molecule has 0 saturated carbocycles. The highest BCUT2D eigenvalue weighted by atomic mass is 32.2. The minimum absolute atomic E-state index is 0.155. The summed E-state index contributed by atoms with van der Waals surface area (Å²) in [4.78, 5) is -3.27. The average molecular weight is 468 g/mol. The van der Waals surface area contributed by atoms with E-state index in [1.54, 1.807) is 0 Å². The molecule has 0 aliphatic heterocycles. The molecule has 0 bridgehead atoms. The zero-order valence-electron chi connectivity index (χ0n) is 12.5. The first-order valence-electron chi connectivity index (χ1n) is 5.97. The molecule has 0 aliphatic rings. The molecule has 27 heavy (non-hydrogen) atoms. The van der Waals surface area contributed by atoms with E-state index in [1.165, 1.54) is 0 Å². The van der Waals surface area contributed by atoms with Gasteiger partial charge in [-0.15, -0.1) is 0 Å². The average Bonchev–Trinajstić information content (AvgIpc) is 2.43. The highest BCUT2D eigenvalue weighted by Crippen LogP contribution is 2.52. The van der Waals surface area contributed by atoms with Crippen LogP contribution < -0.4 is 0 Å². The molecule has 0 fully saturated rings. The van der Waals surface area contributed by atoms with Gasteiger partial charge in [-0.2, -0.15) is 34.8 Å². The van der Waals surface area contributed by atoms with Crippen LogP contribution in [0.3, 0.4) is 0 Å². The Balaban J connectivity index is 3.73. The van der Waals surface area contributed by atoms with E-state index in [2.05, 4.69) is 0 Å². The molecule has 7 nitrogen and oxygen atoms in total. The van der Waals surface area contributed by atoms with Crippen molar-refractivity contribution >= 4 is 29.8 Å². The molecule has 0 radical (unpaired) electrons. The van der Waals surface area contributed by atoms with E-state index in [-0.39, 0.29) is 18.2 Å². The fraction of sp³-hybridized carbons (Fsp3) is 0.400. The second-order valence-corrected chi connectivity index (χ2v) is 10.4. The Morgan fingerprint density at radius 1 is 0.852 bits per heavy atom. The second-order valence-electron chi connectivity index (χ2n) is 4.95. The summed E-state index contributed by atoms with van der Waals surface area (Å²) in [5.74, 6) is -9.56. The molecule has 1 N–H and O–H groups in total. The fourth-order valence-electron chi connectivity index (χ4n) is 1.57. The molecule has 156 valence electrons. The van der Waals surface area contributed by atoms with Crippen LogP contribution in [0.2, 0.25) is 0 Å². The number of hydrogen-bond donors (Lipinski definition) is 1. The lowest BCUT2D eigenvalue weighted by Crippen LogP contribution is -2.60. The third-order valence-corrected chi connectivity index (χ3v) is 6.87. The molecule has 1 aromatic rings. The quantitative estimate of drug-likeness (QED) is 0.498. The Hall–Kier alpha value is -1.46. The molecule has 1 rings (SSSR count). The third-order valence-electron chi connectivity index (χ3n) is 3.01. The summed E-state index contributed by atoms with van der Waals surface area (Å²) >= 11 is 0. The van der Waals surface area contributed by atoms with E-state index in [0.29, 0.717) is 6.26 Å². The molecule has 0 aromatic heterocycles. The van der Waals surface area contributed by atoms with Crippen molar-refractivity contribution in [3.05, 3.63) is 24.0 Å². The highest BCUT2D eigenvalue weighted by molar-refractivity contribution is 7.93. The number of hydrogen-bond acceptors (Lipinski definition) is 6. The van der Waals surface area contributed by atoms with Crippen molar-refractivity contribution in [3.63, 3.8) is 0 Å². The van der Waals surface area contributed by atoms with Crippen molar-refractivity contribution in [2.45, 2.75) is 26.2 Å². The summed E-state index contributed by atoms with van der Waals surface area (Å²) < 4.78 is 168. The smallest absolute Gasteiger partial charge is 0.281 e. The number of alkyl halides is 6. The van der Waals surface area contributed by atoms with Crippen LogP contribution in [0, 0.1) is 5.82 Å². The molecule has 17 heteroatoms. The van der Waals surface area contributed by atoms with Gasteiger partial charge in [0.25, 0.3) is 9.84 Å². The van der Waals surface area contributed by atoms with Gasteiger partial charge in [-0.3, -0.25) is 4.55 Å². The minimum Gasteiger partial charge on any atom is -0.281 e. The first-order valence-corrected chi connectivity index (χ1v) is 10.8. The Labute approximate surface area is 147 Å². The van der Waals surface area contributed by atoms with E-state index >= 15 is 0 Å². The van der Waals surface area contributed by atoms with Gasteiger partial charge in [0.1, 0.15) is 10.7 Å². The second kappa shape index (κ2) is 6.28. The number of rotatable bonds is 6. The predicted molar refractivity (Wildman–Crippen MR) is 73.1 cm³/mol. The molecule has 0 aliphatic carbocycles. The van der Waals surface area contributed by atoms with Crippen LogP contribution in [0.5, 0.6) is 0 Å². The number of sulfone groups is 2. The predicted octanol–water partition coefficient (Wildman–Crippen LogP) is 1.71. The topological polar surface area (TPSA) is 123 Å². The highest BCUT2D eigenvalue weighted by Gasteiger charge is 2.82. The van der Waals surface area contributed by atoms with Crippen molar-refractivity contribution < 1.29 is 60.5 Å². The maximum absolute atomic E-state index is 13.7. The van der Waals surface area contributed by atoms with E-state index in [4.69, 9.17) is 4.55 Å². The number of halogens is 7. The lowest BCUT2D eigenvalue weighted by Gasteiger charge is -2.30. The van der Waals surface area contributed by atoms with Gasteiger partial charge >= 0.3 is 26.5 Å². The molecule has 0 spiro atoms. The maximum atomic E-state index is 13.7. The van der Waals surface area contributed by atoms with Crippen LogP contribution in [0.15, 0.2) is 28.0 Å². The molecule has 0 amide bonds. The van der Waals surface area contributed by atoms with Crippen molar-refractivity contribution in [1.82, 2.24) is 0 Å². The number of benzene rings is 1. The van der Waals surface area contributed by atoms with Gasteiger partial charge in [-0.25, -0.2) is 21.2 Å². The first kappa shape index (κ1) is 23.6. The van der Waals surface area contributed by atoms with Gasteiger partial charge in [0.05, 0.1) is 4.90 Å². The van der Waals surface area contributed by atoms with Crippen LogP contribution in [0.4, 0.5) is 30.7 Å². The van der Waals surface area contributed by atoms with E-state index in [0.717, 1.165) is 0 Å². The molecule has 0 heterocycles. The largest absolute Gasteiger partial charge is 0.439 e. The summed E-state index contributed by atoms with van der Waals surface area (Å²) in [6, 6.07) is -0.158. The maximum Gasteiger partial charge on any atom is 0.439 e. The Bertz CT molecular complexity index is 1080. The first-order chi connectivity index (χ1) is 11.6. The lowest BCUT2D eigenvalue weighted by atomic mass is 10.3. The Morgan fingerprint density at radius 3 is 1.63 bits per heavy atom. The summed E-state index contributed by atoms with van der Waals surface area (Å²) in [5, 5.41) is -13.9. The standard InChI is InChI=1S/C10H7F7O7S3/c1-25(18,19)5-2-3-7(6(11)4-5)26(20,21)9(14,15)8(12,13)10(16,17)27(22,23)24/h2-4H,1H3,(H,22,23,24). The summed E-state index contributed by atoms with van der Waals surface area (Å²) in [5.41, 5.74) is 0. The van der Waals surface area contributed by atoms with Gasteiger partial charge in [0.15, 0.2) is 9.84 Å². The van der Waals surface area contributed by atoms with Crippen molar-refractivity contribution in [2.75, 3.05) is 6.26 Å².